The van der Waals surface area contributed by atoms with Crippen LogP contribution in [-0.2, 0) is 4.84 Å². The first-order valence-corrected chi connectivity index (χ1v) is 6.85. The quantitative estimate of drug-likeness (QED) is 0.656. The molecule has 2 N–H and O–H groups in total. The number of aromatic carboxylic acids is 1. The molecule has 0 aliphatic carbocycles. The molecule has 2 rings (SSSR count). The number of amides is 1. The molecule has 6 nitrogen and oxygen atoms in total. The molecule has 0 saturated heterocycles. The normalized spacial score (nSPS) is 11.0. The van der Waals surface area contributed by atoms with Crippen LogP contribution in [0.3, 0.4) is 0 Å². The molecule has 6 heteroatoms. The third-order valence-electron chi connectivity index (χ3n) is 3.17. The highest BCUT2D eigenvalue weighted by Crippen LogP contribution is 2.15. The van der Waals surface area contributed by atoms with Gasteiger partial charge in [-0.15, -0.1) is 0 Å². The standard InChI is InChI=1S/C17H16N2O4/c1-11(19-23-2)12-6-5-7-13(10-12)18-16(20)14-8-3-4-9-15(14)17(21)22/h3-10H,1-2H3,(H,18,20)(H,21,22). The topological polar surface area (TPSA) is 88.0 Å². The van der Waals surface area contributed by atoms with Crippen molar-refractivity contribution in [1.29, 1.82) is 0 Å². The zero-order valence-corrected chi connectivity index (χ0v) is 12.7. The van der Waals surface area contributed by atoms with Crippen LogP contribution in [0.5, 0.6) is 0 Å². The van der Waals surface area contributed by atoms with Gasteiger partial charge >= 0.3 is 5.97 Å². The van der Waals surface area contributed by atoms with E-state index in [2.05, 4.69) is 10.5 Å². The van der Waals surface area contributed by atoms with Gasteiger partial charge in [-0.3, -0.25) is 4.79 Å². The number of hydrogen-bond donors (Lipinski definition) is 2. The Balaban J connectivity index is 2.26. The van der Waals surface area contributed by atoms with Crippen molar-refractivity contribution in [2.75, 3.05) is 12.4 Å². The molecule has 0 spiro atoms. The van der Waals surface area contributed by atoms with Crippen molar-refractivity contribution in [3.05, 3.63) is 65.2 Å². The second-order valence-electron chi connectivity index (χ2n) is 4.74. The van der Waals surface area contributed by atoms with E-state index in [1.54, 1.807) is 37.3 Å². The number of rotatable bonds is 5. The lowest BCUT2D eigenvalue weighted by molar-refractivity contribution is 0.0692. The van der Waals surface area contributed by atoms with Gasteiger partial charge in [0.25, 0.3) is 5.91 Å². The lowest BCUT2D eigenvalue weighted by atomic mass is 10.1. The maximum absolute atomic E-state index is 12.3. The fraction of sp³-hybridized carbons (Fsp3) is 0.118. The van der Waals surface area contributed by atoms with Crippen molar-refractivity contribution in [2.24, 2.45) is 5.16 Å². The SMILES string of the molecule is CON=C(C)c1cccc(NC(=O)c2ccccc2C(=O)O)c1. The highest BCUT2D eigenvalue weighted by molar-refractivity contribution is 6.11. The van der Waals surface area contributed by atoms with E-state index in [0.29, 0.717) is 11.4 Å². The first kappa shape index (κ1) is 16.2. The van der Waals surface area contributed by atoms with Gasteiger partial charge in [-0.05, 0) is 31.2 Å². The summed E-state index contributed by atoms with van der Waals surface area (Å²) in [5, 5.41) is 15.7. The molecule has 0 fully saturated rings. The van der Waals surface area contributed by atoms with Crippen LogP contribution in [0.15, 0.2) is 53.7 Å². The molecule has 0 saturated carbocycles. The highest BCUT2D eigenvalue weighted by atomic mass is 16.6. The Morgan fingerprint density at radius 1 is 1.09 bits per heavy atom. The lowest BCUT2D eigenvalue weighted by Gasteiger charge is -2.09. The predicted octanol–water partition coefficient (Wildman–Crippen LogP) is 3.01. The van der Waals surface area contributed by atoms with Gasteiger partial charge in [0.05, 0.1) is 16.8 Å². The molecule has 0 radical (unpaired) electrons. The van der Waals surface area contributed by atoms with Crippen molar-refractivity contribution in [3.63, 3.8) is 0 Å². The van der Waals surface area contributed by atoms with Gasteiger partial charge in [-0.25, -0.2) is 4.79 Å². The van der Waals surface area contributed by atoms with Gasteiger partial charge in [0.15, 0.2) is 0 Å². The number of carbonyl (C=O) groups excluding carboxylic acids is 1. The van der Waals surface area contributed by atoms with Crippen LogP contribution in [0.1, 0.15) is 33.2 Å². The van der Waals surface area contributed by atoms with E-state index in [1.807, 2.05) is 6.07 Å². The molecule has 0 unspecified atom stereocenters. The minimum Gasteiger partial charge on any atom is -0.478 e. The Kier molecular flexibility index (Phi) is 5.09. The number of nitrogens with one attached hydrogen (secondary N) is 1. The van der Waals surface area contributed by atoms with Gasteiger partial charge in [-0.1, -0.05) is 29.4 Å². The number of carbonyl (C=O) groups is 2. The molecule has 118 valence electrons. The molecular weight excluding hydrogens is 296 g/mol. The second-order valence-corrected chi connectivity index (χ2v) is 4.74. The predicted molar refractivity (Wildman–Crippen MR) is 87.0 cm³/mol. The van der Waals surface area contributed by atoms with Gasteiger partial charge in [-0.2, -0.15) is 0 Å². The van der Waals surface area contributed by atoms with Gasteiger partial charge in [0.1, 0.15) is 7.11 Å². The number of anilines is 1. The van der Waals surface area contributed by atoms with Crippen LogP contribution in [-0.4, -0.2) is 29.8 Å². The maximum atomic E-state index is 12.3. The number of hydrogen-bond acceptors (Lipinski definition) is 4. The first-order valence-electron chi connectivity index (χ1n) is 6.85. The molecule has 0 bridgehead atoms. The minimum absolute atomic E-state index is 0.0433. The van der Waals surface area contributed by atoms with Crippen LogP contribution in [0.2, 0.25) is 0 Å². The maximum Gasteiger partial charge on any atom is 0.336 e. The summed E-state index contributed by atoms with van der Waals surface area (Å²) in [6, 6.07) is 13.1. The third kappa shape index (κ3) is 3.94. The van der Waals surface area contributed by atoms with Crippen LogP contribution >= 0.6 is 0 Å². The summed E-state index contributed by atoms with van der Waals surface area (Å²) >= 11 is 0. The average Bonchev–Trinajstić information content (AvgIpc) is 2.55. The van der Waals surface area contributed by atoms with E-state index >= 15 is 0 Å². The number of benzene rings is 2. The number of nitrogens with zero attached hydrogens (tertiary/aromatic N) is 1. The van der Waals surface area contributed by atoms with Crippen molar-refractivity contribution in [2.45, 2.75) is 6.92 Å². The molecule has 0 aliphatic rings. The Bertz CT molecular complexity index is 769. The molecule has 2 aromatic carbocycles. The summed E-state index contributed by atoms with van der Waals surface area (Å²) in [6.07, 6.45) is 0. The van der Waals surface area contributed by atoms with E-state index in [-0.39, 0.29) is 11.1 Å². The van der Waals surface area contributed by atoms with E-state index in [0.717, 1.165) is 5.56 Å². The van der Waals surface area contributed by atoms with Crippen molar-refractivity contribution < 1.29 is 19.5 Å². The first-order chi connectivity index (χ1) is 11.0. The molecular formula is C17H16N2O4. The largest absolute Gasteiger partial charge is 0.478 e. The molecule has 0 heterocycles. The summed E-state index contributed by atoms with van der Waals surface area (Å²) in [7, 11) is 1.46. The molecule has 2 aromatic rings. The molecule has 0 aromatic heterocycles. The lowest BCUT2D eigenvalue weighted by Crippen LogP contribution is -2.16. The summed E-state index contributed by atoms with van der Waals surface area (Å²) in [5.74, 6) is -1.63. The van der Waals surface area contributed by atoms with Crippen LogP contribution in [0.25, 0.3) is 0 Å². The molecule has 23 heavy (non-hydrogen) atoms. The van der Waals surface area contributed by atoms with Crippen molar-refractivity contribution in [3.8, 4) is 0 Å². The monoisotopic (exact) mass is 312 g/mol. The second kappa shape index (κ2) is 7.22. The fourth-order valence-corrected chi connectivity index (χ4v) is 2.08. The average molecular weight is 312 g/mol. The zero-order valence-electron chi connectivity index (χ0n) is 12.7. The number of oxime groups is 1. The number of carboxylic acids is 1. The number of carboxylic acid groups (broad SMARTS) is 1. The van der Waals surface area contributed by atoms with E-state index < -0.39 is 11.9 Å². The third-order valence-corrected chi connectivity index (χ3v) is 3.17. The molecule has 1 amide bonds. The Morgan fingerprint density at radius 3 is 2.43 bits per heavy atom. The summed E-state index contributed by atoms with van der Waals surface area (Å²) < 4.78 is 0. The van der Waals surface area contributed by atoms with Gasteiger partial charge in [0.2, 0.25) is 0 Å². The van der Waals surface area contributed by atoms with Crippen molar-refractivity contribution in [1.82, 2.24) is 0 Å². The summed E-state index contributed by atoms with van der Waals surface area (Å²) in [4.78, 5) is 28.2. The van der Waals surface area contributed by atoms with E-state index in [9.17, 15) is 9.59 Å². The fourth-order valence-electron chi connectivity index (χ4n) is 2.08. The summed E-state index contributed by atoms with van der Waals surface area (Å²) in [5.41, 5.74) is 2.05. The Labute approximate surface area is 133 Å². The van der Waals surface area contributed by atoms with Crippen LogP contribution in [0, 0.1) is 0 Å². The van der Waals surface area contributed by atoms with Crippen LogP contribution < -0.4 is 5.32 Å². The molecule has 0 aliphatic heterocycles. The minimum atomic E-state index is -1.15. The van der Waals surface area contributed by atoms with E-state index in [1.165, 1.54) is 19.2 Å². The Morgan fingerprint density at radius 2 is 1.78 bits per heavy atom. The van der Waals surface area contributed by atoms with E-state index in [4.69, 9.17) is 9.94 Å². The smallest absolute Gasteiger partial charge is 0.336 e. The highest BCUT2D eigenvalue weighted by Gasteiger charge is 2.16. The van der Waals surface area contributed by atoms with Crippen molar-refractivity contribution >= 4 is 23.3 Å². The Hall–Kier alpha value is -3.15. The summed E-state index contributed by atoms with van der Waals surface area (Å²) in [6.45, 7) is 1.78. The molecule has 0 atom stereocenters. The van der Waals surface area contributed by atoms with Gasteiger partial charge < -0.3 is 15.3 Å². The zero-order chi connectivity index (χ0) is 16.8. The van der Waals surface area contributed by atoms with Crippen LogP contribution in [0.4, 0.5) is 5.69 Å². The van der Waals surface area contributed by atoms with Gasteiger partial charge in [0, 0.05) is 11.3 Å².